The summed E-state index contributed by atoms with van der Waals surface area (Å²) in [6, 6.07) is 3.06. The van der Waals surface area contributed by atoms with E-state index in [0.717, 1.165) is 18.6 Å². The quantitative estimate of drug-likeness (QED) is 0.591. The molecule has 1 aromatic rings. The zero-order chi connectivity index (χ0) is 11.8. The van der Waals surface area contributed by atoms with Gasteiger partial charge < -0.3 is 0 Å². The van der Waals surface area contributed by atoms with Crippen molar-refractivity contribution >= 4 is 21.1 Å². The number of nitrogens with zero attached hydrogens (tertiary/aromatic N) is 2. The van der Waals surface area contributed by atoms with Crippen molar-refractivity contribution in [2.24, 2.45) is 4.36 Å². The summed E-state index contributed by atoms with van der Waals surface area (Å²) in [7, 11) is -2.31. The maximum atomic E-state index is 12.8. The minimum atomic E-state index is -2.31. The van der Waals surface area contributed by atoms with Crippen molar-refractivity contribution in [1.29, 1.82) is 0 Å². The standard InChI is InChI=1S/C9H9FN2O3S/c10-7-2-3-8(9(6-7)12(13)14)11-16(15)4-1-5-16/h2-3,6H,1,4-5H2. The van der Waals surface area contributed by atoms with Crippen LogP contribution in [0.25, 0.3) is 0 Å². The highest BCUT2D eigenvalue weighted by Crippen LogP contribution is 2.31. The molecule has 1 heterocycles. The third kappa shape index (κ3) is 2.04. The van der Waals surface area contributed by atoms with Crippen LogP contribution < -0.4 is 0 Å². The first-order valence-electron chi connectivity index (χ1n) is 4.67. The molecule has 0 spiro atoms. The highest BCUT2D eigenvalue weighted by atomic mass is 32.2. The molecule has 1 saturated heterocycles. The van der Waals surface area contributed by atoms with E-state index in [1.54, 1.807) is 0 Å². The fraction of sp³-hybridized carbons (Fsp3) is 0.333. The topological polar surface area (TPSA) is 72.6 Å². The predicted octanol–water partition coefficient (Wildman–Crippen LogP) is 2.24. The van der Waals surface area contributed by atoms with Crippen LogP contribution in [-0.4, -0.2) is 20.6 Å². The second-order valence-corrected chi connectivity index (χ2v) is 6.06. The average molecular weight is 244 g/mol. The smallest absolute Gasteiger partial charge is 0.258 e. The summed E-state index contributed by atoms with van der Waals surface area (Å²) < 4.78 is 28.5. The monoisotopic (exact) mass is 244 g/mol. The summed E-state index contributed by atoms with van der Waals surface area (Å²) in [5.74, 6) is 0.220. The molecule has 0 aromatic heterocycles. The van der Waals surface area contributed by atoms with Crippen LogP contribution in [0, 0.1) is 15.9 Å². The maximum Gasteiger partial charge on any atom is 0.298 e. The SMILES string of the molecule is O=[N+]([O-])c1cc(F)ccc1N=S1(=O)CCC1. The van der Waals surface area contributed by atoms with Crippen molar-refractivity contribution in [3.8, 4) is 0 Å². The summed E-state index contributed by atoms with van der Waals surface area (Å²) in [6.45, 7) is 0. The Morgan fingerprint density at radius 3 is 2.62 bits per heavy atom. The van der Waals surface area contributed by atoms with Gasteiger partial charge >= 0.3 is 0 Å². The van der Waals surface area contributed by atoms with E-state index >= 15 is 0 Å². The molecule has 0 aliphatic carbocycles. The molecule has 0 amide bonds. The molecule has 86 valence electrons. The lowest BCUT2D eigenvalue weighted by Crippen LogP contribution is -2.23. The van der Waals surface area contributed by atoms with Crippen molar-refractivity contribution in [2.75, 3.05) is 11.5 Å². The highest BCUT2D eigenvalue weighted by molar-refractivity contribution is 7.95. The average Bonchev–Trinajstić information content (AvgIpc) is 2.18. The van der Waals surface area contributed by atoms with Crippen LogP contribution in [0.3, 0.4) is 0 Å². The largest absolute Gasteiger partial charge is 0.298 e. The number of rotatable bonds is 2. The van der Waals surface area contributed by atoms with Crippen molar-refractivity contribution < 1.29 is 13.5 Å². The van der Waals surface area contributed by atoms with Crippen LogP contribution in [0.15, 0.2) is 22.6 Å². The first-order chi connectivity index (χ1) is 7.50. The van der Waals surface area contributed by atoms with Crippen LogP contribution >= 0.6 is 0 Å². The van der Waals surface area contributed by atoms with Crippen molar-refractivity contribution in [2.45, 2.75) is 6.42 Å². The van der Waals surface area contributed by atoms with Gasteiger partial charge in [0.2, 0.25) is 0 Å². The molecular formula is C9H9FN2O3S. The van der Waals surface area contributed by atoms with Gasteiger partial charge in [0.15, 0.2) is 5.69 Å². The summed E-state index contributed by atoms with van der Waals surface area (Å²) in [5.41, 5.74) is -0.439. The van der Waals surface area contributed by atoms with Gasteiger partial charge in [0.25, 0.3) is 5.69 Å². The Kier molecular flexibility index (Phi) is 2.63. The maximum absolute atomic E-state index is 12.8. The number of hydrogen-bond donors (Lipinski definition) is 0. The van der Waals surface area contributed by atoms with E-state index in [0.29, 0.717) is 11.5 Å². The number of hydrogen-bond acceptors (Lipinski definition) is 4. The lowest BCUT2D eigenvalue weighted by atomic mass is 10.3. The minimum Gasteiger partial charge on any atom is -0.258 e. The molecule has 0 atom stereocenters. The summed E-state index contributed by atoms with van der Waals surface area (Å²) in [6.07, 6.45) is 0.817. The Balaban J connectivity index is 2.53. The van der Waals surface area contributed by atoms with Crippen LogP contribution in [0.5, 0.6) is 0 Å². The first kappa shape index (κ1) is 11.0. The van der Waals surface area contributed by atoms with E-state index in [1.807, 2.05) is 0 Å². The Hall–Kier alpha value is -1.50. The molecule has 1 aliphatic rings. The number of halogens is 1. The van der Waals surface area contributed by atoms with Gasteiger partial charge in [0.05, 0.1) is 20.7 Å². The van der Waals surface area contributed by atoms with E-state index < -0.39 is 26.2 Å². The molecule has 0 saturated carbocycles. The van der Waals surface area contributed by atoms with Gasteiger partial charge in [-0.25, -0.2) is 8.60 Å². The van der Waals surface area contributed by atoms with Gasteiger partial charge in [-0.2, -0.15) is 4.36 Å². The van der Waals surface area contributed by atoms with Crippen molar-refractivity contribution in [3.63, 3.8) is 0 Å². The lowest BCUT2D eigenvalue weighted by molar-refractivity contribution is -0.384. The summed E-state index contributed by atoms with van der Waals surface area (Å²) >= 11 is 0. The van der Waals surface area contributed by atoms with Gasteiger partial charge in [-0.15, -0.1) is 0 Å². The van der Waals surface area contributed by atoms with E-state index in [4.69, 9.17) is 0 Å². The molecule has 0 radical (unpaired) electrons. The Bertz CT molecular complexity index is 554. The highest BCUT2D eigenvalue weighted by Gasteiger charge is 2.22. The number of nitro groups is 1. The molecule has 0 bridgehead atoms. The summed E-state index contributed by atoms with van der Waals surface area (Å²) in [4.78, 5) is 9.93. The van der Waals surface area contributed by atoms with Crippen LogP contribution in [0.2, 0.25) is 0 Å². The molecule has 0 N–H and O–H groups in total. The van der Waals surface area contributed by atoms with Crippen molar-refractivity contribution in [3.05, 3.63) is 34.1 Å². The molecular weight excluding hydrogens is 235 g/mol. The van der Waals surface area contributed by atoms with Crippen LogP contribution in [0.4, 0.5) is 15.8 Å². The van der Waals surface area contributed by atoms with Crippen LogP contribution in [-0.2, 0) is 9.73 Å². The normalized spacial score (nSPS) is 17.6. The van der Waals surface area contributed by atoms with Gasteiger partial charge in [-0.3, -0.25) is 10.1 Å². The predicted molar refractivity (Wildman–Crippen MR) is 57.6 cm³/mol. The summed E-state index contributed by atoms with van der Waals surface area (Å²) in [5, 5.41) is 10.7. The fourth-order valence-corrected chi connectivity index (χ4v) is 2.86. The number of benzene rings is 1. The van der Waals surface area contributed by atoms with E-state index in [-0.39, 0.29) is 5.69 Å². The van der Waals surface area contributed by atoms with E-state index in [1.165, 1.54) is 6.07 Å². The molecule has 5 nitrogen and oxygen atoms in total. The zero-order valence-corrected chi connectivity index (χ0v) is 9.08. The number of nitro benzene ring substituents is 1. The van der Waals surface area contributed by atoms with E-state index in [9.17, 15) is 18.7 Å². The first-order valence-corrected chi connectivity index (χ1v) is 6.52. The Labute approximate surface area is 91.6 Å². The molecule has 1 aromatic carbocycles. The molecule has 0 unspecified atom stereocenters. The van der Waals surface area contributed by atoms with Gasteiger partial charge in [0, 0.05) is 11.5 Å². The fourth-order valence-electron chi connectivity index (χ4n) is 1.38. The molecule has 1 aliphatic heterocycles. The Morgan fingerprint density at radius 2 is 2.12 bits per heavy atom. The second-order valence-electron chi connectivity index (χ2n) is 3.52. The Morgan fingerprint density at radius 1 is 1.44 bits per heavy atom. The third-order valence-corrected chi connectivity index (χ3v) is 4.71. The lowest BCUT2D eigenvalue weighted by Gasteiger charge is -2.17. The third-order valence-electron chi connectivity index (χ3n) is 2.33. The molecule has 7 heteroatoms. The van der Waals surface area contributed by atoms with Crippen LogP contribution in [0.1, 0.15) is 6.42 Å². The molecule has 16 heavy (non-hydrogen) atoms. The van der Waals surface area contributed by atoms with E-state index in [2.05, 4.69) is 4.36 Å². The second kappa shape index (κ2) is 3.82. The van der Waals surface area contributed by atoms with Gasteiger partial charge in [-0.05, 0) is 18.6 Å². The van der Waals surface area contributed by atoms with Gasteiger partial charge in [0.1, 0.15) is 5.82 Å². The molecule has 2 rings (SSSR count). The molecule has 1 fully saturated rings. The minimum absolute atomic E-state index is 0.00361. The van der Waals surface area contributed by atoms with Crippen molar-refractivity contribution in [1.82, 2.24) is 0 Å². The van der Waals surface area contributed by atoms with Gasteiger partial charge in [-0.1, -0.05) is 0 Å². The zero-order valence-electron chi connectivity index (χ0n) is 8.26.